The van der Waals surface area contributed by atoms with Gasteiger partial charge in [-0.05, 0) is 59.9 Å². The van der Waals surface area contributed by atoms with Gasteiger partial charge in [-0.15, -0.1) is 5.10 Å². The number of Topliss-reactive ketones (excluding diaryl/α,β-unsaturated/α-hetero) is 1. The fourth-order valence-corrected chi connectivity index (χ4v) is 3.97. The van der Waals surface area contributed by atoms with Gasteiger partial charge in [-0.25, -0.2) is 0 Å². The zero-order chi connectivity index (χ0) is 24.6. The Bertz CT molecular complexity index is 1260. The minimum atomic E-state index is -0.854. The van der Waals surface area contributed by atoms with Gasteiger partial charge in [0.1, 0.15) is 11.5 Å². The van der Waals surface area contributed by atoms with Crippen LogP contribution in [0.2, 0.25) is 0 Å². The summed E-state index contributed by atoms with van der Waals surface area (Å²) in [4.78, 5) is 27.7. The molecule has 1 fully saturated rings. The topological polar surface area (TPSA) is 92.6 Å². The molecule has 1 aliphatic rings. The first-order valence-corrected chi connectivity index (χ1v) is 11.0. The van der Waals surface area contributed by atoms with Gasteiger partial charge in [0.2, 0.25) is 0 Å². The predicted octanol–water partition coefficient (Wildman–Crippen LogP) is 4.72. The quantitative estimate of drug-likeness (QED) is 0.346. The summed E-state index contributed by atoms with van der Waals surface area (Å²) < 4.78 is 5.18. The van der Waals surface area contributed by atoms with Gasteiger partial charge in [0.15, 0.2) is 5.82 Å². The summed E-state index contributed by atoms with van der Waals surface area (Å²) >= 11 is 0. The van der Waals surface area contributed by atoms with Crippen LogP contribution in [0.15, 0.2) is 66.2 Å². The fourth-order valence-electron chi connectivity index (χ4n) is 3.97. The number of ketones is 1. The summed E-state index contributed by atoms with van der Waals surface area (Å²) in [7, 11) is 1.55. The summed E-state index contributed by atoms with van der Waals surface area (Å²) in [6.45, 7) is 8.12. The Kier molecular flexibility index (Phi) is 5.96. The normalized spacial score (nSPS) is 17.8. The van der Waals surface area contributed by atoms with E-state index in [9.17, 15) is 14.7 Å². The van der Waals surface area contributed by atoms with Crippen molar-refractivity contribution >= 4 is 23.3 Å². The monoisotopic (exact) mass is 457 g/mol. The minimum Gasteiger partial charge on any atom is -0.507 e. The number of amides is 1. The third kappa shape index (κ3) is 4.17. The van der Waals surface area contributed by atoms with E-state index < -0.39 is 17.7 Å². The smallest absolute Gasteiger partial charge is 0.301 e. The summed E-state index contributed by atoms with van der Waals surface area (Å²) in [6.07, 6.45) is 0. The number of rotatable bonds is 4. The van der Waals surface area contributed by atoms with E-state index in [0.717, 1.165) is 5.56 Å². The van der Waals surface area contributed by atoms with Crippen molar-refractivity contribution in [2.75, 3.05) is 12.0 Å². The van der Waals surface area contributed by atoms with Crippen LogP contribution in [0.4, 0.5) is 5.82 Å². The maximum Gasteiger partial charge on any atom is 0.301 e. The standard InChI is InChI=1S/C27H27N3O4/c1-16-6-15-21(29-28-16)30-23(17-7-11-19(12-8-17)27(2,3)4)22(25(32)26(30)33)24(31)18-9-13-20(34-5)14-10-18/h6-15,23,31H,1-5H3. The Labute approximate surface area is 198 Å². The second-order valence-corrected chi connectivity index (χ2v) is 9.30. The molecule has 3 aromatic rings. The van der Waals surface area contributed by atoms with E-state index in [1.165, 1.54) is 4.90 Å². The first-order chi connectivity index (χ1) is 16.1. The van der Waals surface area contributed by atoms with E-state index in [-0.39, 0.29) is 22.6 Å². The van der Waals surface area contributed by atoms with Gasteiger partial charge < -0.3 is 9.84 Å². The van der Waals surface area contributed by atoms with Gasteiger partial charge in [-0.1, -0.05) is 45.0 Å². The highest BCUT2D eigenvalue weighted by atomic mass is 16.5. The van der Waals surface area contributed by atoms with Crippen molar-refractivity contribution < 1.29 is 19.4 Å². The van der Waals surface area contributed by atoms with Crippen molar-refractivity contribution in [1.82, 2.24) is 10.2 Å². The predicted molar refractivity (Wildman–Crippen MR) is 130 cm³/mol. The number of aliphatic hydroxyl groups is 1. The molecule has 34 heavy (non-hydrogen) atoms. The number of anilines is 1. The molecule has 1 aromatic heterocycles. The molecule has 7 nitrogen and oxygen atoms in total. The Balaban J connectivity index is 1.90. The van der Waals surface area contributed by atoms with Crippen molar-refractivity contribution in [3.05, 3.63) is 88.6 Å². The molecule has 0 spiro atoms. The molecule has 1 unspecified atom stereocenters. The van der Waals surface area contributed by atoms with Crippen LogP contribution >= 0.6 is 0 Å². The molecule has 0 saturated carbocycles. The van der Waals surface area contributed by atoms with Crippen molar-refractivity contribution in [3.63, 3.8) is 0 Å². The number of aromatic nitrogens is 2. The Morgan fingerprint density at radius 2 is 1.59 bits per heavy atom. The SMILES string of the molecule is COc1ccc(C(O)=C2C(=O)C(=O)N(c3ccc(C)nn3)C2c2ccc(C(C)(C)C)cc2)cc1. The summed E-state index contributed by atoms with van der Waals surface area (Å²) in [5, 5.41) is 19.4. The van der Waals surface area contributed by atoms with Crippen LogP contribution in [0.5, 0.6) is 5.75 Å². The van der Waals surface area contributed by atoms with Crippen LogP contribution in [0.1, 0.15) is 49.2 Å². The van der Waals surface area contributed by atoms with E-state index in [4.69, 9.17) is 4.74 Å². The number of carbonyl (C=O) groups is 2. The van der Waals surface area contributed by atoms with E-state index in [1.807, 2.05) is 24.3 Å². The van der Waals surface area contributed by atoms with Crippen LogP contribution < -0.4 is 9.64 Å². The molecule has 174 valence electrons. The summed E-state index contributed by atoms with van der Waals surface area (Å²) in [6, 6.07) is 16.9. The van der Waals surface area contributed by atoms with E-state index in [2.05, 4.69) is 31.0 Å². The van der Waals surface area contributed by atoms with Crippen molar-refractivity contribution in [1.29, 1.82) is 0 Å². The second kappa shape index (κ2) is 8.74. The zero-order valence-corrected chi connectivity index (χ0v) is 19.9. The number of aliphatic hydroxyl groups excluding tert-OH is 1. The first-order valence-electron chi connectivity index (χ1n) is 11.0. The molecule has 2 heterocycles. The van der Waals surface area contributed by atoms with Gasteiger partial charge >= 0.3 is 5.91 Å². The average Bonchev–Trinajstić information content (AvgIpc) is 3.09. The van der Waals surface area contributed by atoms with Crippen molar-refractivity contribution in [3.8, 4) is 5.75 Å². The second-order valence-electron chi connectivity index (χ2n) is 9.30. The number of methoxy groups -OCH3 is 1. The lowest BCUT2D eigenvalue weighted by atomic mass is 9.85. The fraction of sp³-hybridized carbons (Fsp3) is 0.259. The van der Waals surface area contributed by atoms with Gasteiger partial charge in [0.25, 0.3) is 5.78 Å². The highest BCUT2D eigenvalue weighted by Gasteiger charge is 2.47. The average molecular weight is 458 g/mol. The largest absolute Gasteiger partial charge is 0.507 e. The van der Waals surface area contributed by atoms with Crippen LogP contribution in [-0.2, 0) is 15.0 Å². The molecule has 1 aliphatic heterocycles. The number of hydrogen-bond donors (Lipinski definition) is 1. The van der Waals surface area contributed by atoms with Gasteiger partial charge in [0, 0.05) is 5.56 Å². The maximum atomic E-state index is 13.2. The Hall–Kier alpha value is -4.00. The van der Waals surface area contributed by atoms with E-state index in [0.29, 0.717) is 22.6 Å². The van der Waals surface area contributed by atoms with Crippen LogP contribution in [0.3, 0.4) is 0 Å². The maximum absolute atomic E-state index is 13.2. The molecule has 0 bridgehead atoms. The lowest BCUT2D eigenvalue weighted by Crippen LogP contribution is -2.30. The number of ether oxygens (including phenoxy) is 1. The first kappa shape index (κ1) is 23.2. The van der Waals surface area contributed by atoms with Gasteiger partial charge in [-0.3, -0.25) is 14.5 Å². The lowest BCUT2D eigenvalue weighted by molar-refractivity contribution is -0.132. The number of benzene rings is 2. The number of aryl methyl sites for hydroxylation is 1. The highest BCUT2D eigenvalue weighted by molar-refractivity contribution is 6.51. The molecule has 1 amide bonds. The molecule has 7 heteroatoms. The molecule has 0 radical (unpaired) electrons. The Morgan fingerprint density at radius 1 is 0.941 bits per heavy atom. The third-order valence-corrected chi connectivity index (χ3v) is 5.93. The lowest BCUT2D eigenvalue weighted by Gasteiger charge is -2.25. The molecule has 0 aliphatic carbocycles. The zero-order valence-electron chi connectivity index (χ0n) is 19.9. The van der Waals surface area contributed by atoms with Crippen molar-refractivity contribution in [2.45, 2.75) is 39.2 Å². The molecule has 2 aromatic carbocycles. The van der Waals surface area contributed by atoms with Crippen LogP contribution in [0.25, 0.3) is 5.76 Å². The molecule has 1 N–H and O–H groups in total. The number of carbonyl (C=O) groups excluding carboxylic acids is 2. The van der Waals surface area contributed by atoms with Crippen molar-refractivity contribution in [2.24, 2.45) is 0 Å². The van der Waals surface area contributed by atoms with Gasteiger partial charge in [0.05, 0.1) is 24.4 Å². The minimum absolute atomic E-state index is 0.000973. The summed E-state index contributed by atoms with van der Waals surface area (Å²) in [5.74, 6) is -0.945. The molecular weight excluding hydrogens is 430 g/mol. The molecule has 4 rings (SSSR count). The Morgan fingerprint density at radius 3 is 2.12 bits per heavy atom. The highest BCUT2D eigenvalue weighted by Crippen LogP contribution is 2.42. The van der Waals surface area contributed by atoms with Crippen LogP contribution in [0, 0.1) is 6.92 Å². The number of nitrogens with zero attached hydrogens (tertiary/aromatic N) is 3. The summed E-state index contributed by atoms with van der Waals surface area (Å²) in [5.41, 5.74) is 2.82. The molecule has 1 saturated heterocycles. The van der Waals surface area contributed by atoms with E-state index >= 15 is 0 Å². The number of hydrogen-bond acceptors (Lipinski definition) is 6. The van der Waals surface area contributed by atoms with E-state index in [1.54, 1.807) is 50.4 Å². The molecule has 1 atom stereocenters. The van der Waals surface area contributed by atoms with Gasteiger partial charge in [-0.2, -0.15) is 5.10 Å². The molecular formula is C27H27N3O4. The third-order valence-electron chi connectivity index (χ3n) is 5.93. The van der Waals surface area contributed by atoms with Crippen LogP contribution in [-0.4, -0.2) is 34.1 Å².